The van der Waals surface area contributed by atoms with Gasteiger partial charge in [-0.05, 0) is 13.0 Å². The summed E-state index contributed by atoms with van der Waals surface area (Å²) in [4.78, 5) is 2.44. The molecule has 15 heavy (non-hydrogen) atoms. The lowest BCUT2D eigenvalue weighted by atomic mass is 10.0. The van der Waals surface area contributed by atoms with Gasteiger partial charge in [0.2, 0.25) is 0 Å². The van der Waals surface area contributed by atoms with E-state index in [9.17, 15) is 0 Å². The second kappa shape index (κ2) is 4.92. The van der Waals surface area contributed by atoms with Gasteiger partial charge in [0.1, 0.15) is 5.72 Å². The highest BCUT2D eigenvalue weighted by molar-refractivity contribution is 5.18. The van der Waals surface area contributed by atoms with Crippen LogP contribution in [0, 0.1) is 0 Å². The molecule has 0 saturated carbocycles. The van der Waals surface area contributed by atoms with Crippen LogP contribution < -0.4 is 5.32 Å². The van der Waals surface area contributed by atoms with E-state index in [1.807, 2.05) is 0 Å². The highest BCUT2D eigenvalue weighted by Crippen LogP contribution is 2.27. The van der Waals surface area contributed by atoms with Crippen LogP contribution in [0.4, 0.5) is 0 Å². The second-order valence-corrected chi connectivity index (χ2v) is 4.01. The lowest BCUT2D eigenvalue weighted by Crippen LogP contribution is -2.56. The van der Waals surface area contributed by atoms with Crippen LogP contribution in [-0.2, 0) is 4.74 Å². The first-order valence-corrected chi connectivity index (χ1v) is 5.81. The maximum Gasteiger partial charge on any atom is 0.144 e. The molecule has 0 aromatic rings. The zero-order chi connectivity index (χ0) is 10.6. The van der Waals surface area contributed by atoms with Crippen molar-refractivity contribution in [2.45, 2.75) is 19.1 Å². The summed E-state index contributed by atoms with van der Waals surface area (Å²) in [6.07, 6.45) is 9.55. The van der Waals surface area contributed by atoms with Gasteiger partial charge in [0, 0.05) is 39.2 Å². The summed E-state index contributed by atoms with van der Waals surface area (Å²) in [6, 6.07) is 0. The summed E-state index contributed by atoms with van der Waals surface area (Å²) in [5.41, 5.74) is -0.175. The molecule has 3 nitrogen and oxygen atoms in total. The average Bonchev–Trinajstić information content (AvgIpc) is 2.32. The van der Waals surface area contributed by atoms with Gasteiger partial charge >= 0.3 is 0 Å². The third kappa shape index (κ3) is 2.30. The summed E-state index contributed by atoms with van der Waals surface area (Å²) in [6.45, 7) is 7.09. The normalized spacial score (nSPS) is 32.1. The first-order valence-electron chi connectivity index (χ1n) is 5.81. The van der Waals surface area contributed by atoms with E-state index in [2.05, 4.69) is 41.4 Å². The molecule has 0 aromatic carbocycles. The third-order valence-corrected chi connectivity index (χ3v) is 3.06. The lowest BCUT2D eigenvalue weighted by molar-refractivity contribution is -0.120. The van der Waals surface area contributed by atoms with Crippen molar-refractivity contribution in [3.63, 3.8) is 0 Å². The predicted molar refractivity (Wildman–Crippen MR) is 61.7 cm³/mol. The third-order valence-electron chi connectivity index (χ3n) is 3.06. The van der Waals surface area contributed by atoms with E-state index in [-0.39, 0.29) is 5.72 Å². The standard InChI is InChI=1S/C12H20N2O/c1-2-15-12(6-4-3-5-7-12)14-10-8-13-9-11-14/h3-6,13H,2,7-11H2,1H3. The molecule has 2 aliphatic rings. The van der Waals surface area contributed by atoms with Gasteiger partial charge in [0.15, 0.2) is 0 Å². The Labute approximate surface area is 91.8 Å². The molecule has 0 radical (unpaired) electrons. The minimum Gasteiger partial charge on any atom is -0.357 e. The van der Waals surface area contributed by atoms with E-state index in [1.54, 1.807) is 0 Å². The molecule has 1 unspecified atom stereocenters. The molecule has 0 spiro atoms. The maximum absolute atomic E-state index is 5.97. The summed E-state index contributed by atoms with van der Waals surface area (Å²) >= 11 is 0. The summed E-state index contributed by atoms with van der Waals surface area (Å²) < 4.78 is 5.97. The first-order chi connectivity index (χ1) is 7.37. The van der Waals surface area contributed by atoms with E-state index >= 15 is 0 Å². The SMILES string of the molecule is CCOC1(N2CCNCC2)C=CC=CC1. The van der Waals surface area contributed by atoms with Crippen molar-refractivity contribution < 1.29 is 4.74 Å². The Balaban J connectivity index is 2.10. The van der Waals surface area contributed by atoms with Crippen molar-refractivity contribution in [2.24, 2.45) is 0 Å². The molecule has 1 aliphatic heterocycles. The minimum atomic E-state index is -0.175. The fourth-order valence-corrected chi connectivity index (χ4v) is 2.32. The van der Waals surface area contributed by atoms with Crippen molar-refractivity contribution >= 4 is 0 Å². The van der Waals surface area contributed by atoms with E-state index < -0.39 is 0 Å². The summed E-state index contributed by atoms with van der Waals surface area (Å²) in [7, 11) is 0. The minimum absolute atomic E-state index is 0.175. The number of piperazine rings is 1. The molecule has 1 atom stereocenters. The molecule has 84 valence electrons. The van der Waals surface area contributed by atoms with Crippen molar-refractivity contribution in [2.75, 3.05) is 32.8 Å². The van der Waals surface area contributed by atoms with Crippen LogP contribution >= 0.6 is 0 Å². The molecule has 0 bridgehead atoms. The van der Waals surface area contributed by atoms with Gasteiger partial charge in [0.25, 0.3) is 0 Å². The van der Waals surface area contributed by atoms with Crippen molar-refractivity contribution in [3.8, 4) is 0 Å². The lowest BCUT2D eigenvalue weighted by Gasteiger charge is -2.44. The van der Waals surface area contributed by atoms with Gasteiger partial charge in [-0.25, -0.2) is 0 Å². The predicted octanol–water partition coefficient (Wildman–Crippen LogP) is 1.14. The second-order valence-electron chi connectivity index (χ2n) is 4.01. The number of hydrogen-bond donors (Lipinski definition) is 1. The number of hydrogen-bond acceptors (Lipinski definition) is 3. The molecule has 0 aromatic heterocycles. The molecular weight excluding hydrogens is 188 g/mol. The molecule has 1 N–H and O–H groups in total. The van der Waals surface area contributed by atoms with Gasteiger partial charge in [-0.2, -0.15) is 0 Å². The molecule has 1 fully saturated rings. The molecule has 1 heterocycles. The van der Waals surface area contributed by atoms with Crippen LogP contribution in [0.1, 0.15) is 13.3 Å². The van der Waals surface area contributed by atoms with E-state index in [0.29, 0.717) is 0 Å². The number of nitrogens with one attached hydrogen (secondary N) is 1. The Morgan fingerprint density at radius 3 is 2.73 bits per heavy atom. The first kappa shape index (κ1) is 10.9. The number of allylic oxidation sites excluding steroid dienone is 2. The Bertz CT molecular complexity index is 256. The number of nitrogens with zero attached hydrogens (tertiary/aromatic N) is 1. The highest BCUT2D eigenvalue weighted by atomic mass is 16.5. The fraction of sp³-hybridized carbons (Fsp3) is 0.667. The van der Waals surface area contributed by atoms with Gasteiger partial charge < -0.3 is 10.1 Å². The van der Waals surface area contributed by atoms with E-state index in [0.717, 1.165) is 39.2 Å². The van der Waals surface area contributed by atoms with Crippen LogP contribution in [0.5, 0.6) is 0 Å². The average molecular weight is 208 g/mol. The number of rotatable bonds is 3. The van der Waals surface area contributed by atoms with E-state index in [4.69, 9.17) is 4.74 Å². The van der Waals surface area contributed by atoms with Crippen molar-refractivity contribution in [1.82, 2.24) is 10.2 Å². The monoisotopic (exact) mass is 208 g/mol. The topological polar surface area (TPSA) is 24.5 Å². The van der Waals surface area contributed by atoms with Crippen molar-refractivity contribution in [1.29, 1.82) is 0 Å². The quantitative estimate of drug-likeness (QED) is 0.752. The van der Waals surface area contributed by atoms with E-state index in [1.165, 1.54) is 0 Å². The molecule has 1 aliphatic carbocycles. The Morgan fingerprint density at radius 2 is 2.13 bits per heavy atom. The largest absolute Gasteiger partial charge is 0.357 e. The van der Waals surface area contributed by atoms with Crippen LogP contribution in [0.25, 0.3) is 0 Å². The molecule has 3 heteroatoms. The summed E-state index contributed by atoms with van der Waals surface area (Å²) in [5, 5.41) is 3.37. The highest BCUT2D eigenvalue weighted by Gasteiger charge is 2.35. The Hall–Kier alpha value is -0.640. The zero-order valence-electron chi connectivity index (χ0n) is 9.41. The molecular formula is C12H20N2O. The Morgan fingerprint density at radius 1 is 1.33 bits per heavy atom. The van der Waals surface area contributed by atoms with Crippen LogP contribution in [0.2, 0.25) is 0 Å². The van der Waals surface area contributed by atoms with Crippen molar-refractivity contribution in [3.05, 3.63) is 24.3 Å². The maximum atomic E-state index is 5.97. The molecule has 0 amide bonds. The number of ether oxygens (including phenoxy) is 1. The van der Waals surface area contributed by atoms with Gasteiger partial charge in [0.05, 0.1) is 0 Å². The van der Waals surface area contributed by atoms with Crippen LogP contribution in [0.15, 0.2) is 24.3 Å². The Kier molecular flexibility index (Phi) is 3.57. The van der Waals surface area contributed by atoms with Crippen LogP contribution in [0.3, 0.4) is 0 Å². The molecule has 2 rings (SSSR count). The van der Waals surface area contributed by atoms with Crippen LogP contribution in [-0.4, -0.2) is 43.4 Å². The van der Waals surface area contributed by atoms with Gasteiger partial charge in [-0.15, -0.1) is 0 Å². The zero-order valence-corrected chi connectivity index (χ0v) is 9.41. The summed E-state index contributed by atoms with van der Waals surface area (Å²) in [5.74, 6) is 0. The van der Waals surface area contributed by atoms with Gasteiger partial charge in [-0.3, -0.25) is 4.90 Å². The fourth-order valence-electron chi connectivity index (χ4n) is 2.32. The van der Waals surface area contributed by atoms with Gasteiger partial charge in [-0.1, -0.05) is 18.2 Å². The molecule has 1 saturated heterocycles. The smallest absolute Gasteiger partial charge is 0.144 e.